The van der Waals surface area contributed by atoms with E-state index in [1.165, 1.54) is 0 Å². The molecule has 0 spiro atoms. The van der Waals surface area contributed by atoms with Crippen LogP contribution >= 0.6 is 0 Å². The molecule has 0 aromatic heterocycles. The first-order chi connectivity index (χ1) is 5.83. The Morgan fingerprint density at radius 2 is 2.08 bits per heavy atom. The quantitative estimate of drug-likeness (QED) is 0.450. The van der Waals surface area contributed by atoms with Gasteiger partial charge in [-0.05, 0) is 24.5 Å². The number of aryl methyl sites for hydroxylation is 1. The lowest BCUT2D eigenvalue weighted by atomic mass is 10.1. The largest absolute Gasteiger partial charge is 0.507 e. The van der Waals surface area contributed by atoms with Crippen molar-refractivity contribution in [3.63, 3.8) is 0 Å². The molecule has 0 amide bonds. The summed E-state index contributed by atoms with van der Waals surface area (Å²) in [5, 5.41) is 21.2. The maximum atomic E-state index is 9.44. The monoisotopic (exact) mass is 163 g/mol. The third kappa shape index (κ3) is 0.863. The highest BCUT2D eigenvalue weighted by molar-refractivity contribution is 6.06. The molecule has 12 heavy (non-hydrogen) atoms. The smallest absolute Gasteiger partial charge is 0.125 e. The summed E-state index contributed by atoms with van der Waals surface area (Å²) < 4.78 is 0. The van der Waals surface area contributed by atoms with Gasteiger partial charge >= 0.3 is 0 Å². The van der Waals surface area contributed by atoms with Gasteiger partial charge in [-0.15, -0.1) is 0 Å². The molecule has 1 aliphatic carbocycles. The second-order valence-electron chi connectivity index (χ2n) is 2.86. The second-order valence-corrected chi connectivity index (χ2v) is 2.86. The van der Waals surface area contributed by atoms with E-state index >= 15 is 0 Å². The summed E-state index contributed by atoms with van der Waals surface area (Å²) in [7, 11) is 0. The average molecular weight is 163 g/mol. The zero-order valence-corrected chi connectivity index (χ0v) is 6.49. The molecule has 0 unspecified atom stereocenters. The van der Waals surface area contributed by atoms with Crippen molar-refractivity contribution in [2.75, 3.05) is 0 Å². The first kappa shape index (κ1) is 7.16. The Morgan fingerprint density at radius 1 is 1.25 bits per heavy atom. The summed E-state index contributed by atoms with van der Waals surface area (Å²) in [5.41, 5.74) is 2.35. The number of fused-ring (bicyclic) bond motifs is 1. The van der Waals surface area contributed by atoms with Crippen molar-refractivity contribution < 1.29 is 10.3 Å². The van der Waals surface area contributed by atoms with Crippen LogP contribution < -0.4 is 0 Å². The van der Waals surface area contributed by atoms with E-state index in [1.807, 2.05) is 6.07 Å². The number of benzene rings is 1. The summed E-state index contributed by atoms with van der Waals surface area (Å²) in [6.07, 6.45) is 1.56. The normalized spacial score (nSPS) is 18.2. The lowest BCUT2D eigenvalue weighted by molar-refractivity contribution is 0.318. The van der Waals surface area contributed by atoms with Crippen molar-refractivity contribution in [3.8, 4) is 5.75 Å². The molecule has 0 heterocycles. The van der Waals surface area contributed by atoms with Crippen LogP contribution in [0.2, 0.25) is 0 Å². The number of phenols is 1. The molecular formula is C9H9NO2. The van der Waals surface area contributed by atoms with Crippen LogP contribution in [0.3, 0.4) is 0 Å². The van der Waals surface area contributed by atoms with Crippen LogP contribution in [0, 0.1) is 0 Å². The standard InChI is InChI=1S/C9H9NO2/c11-8-3-1-2-6-4-5-7(10-12)9(6)8/h1-3,11-12H,4-5H2/b10-7+. The second kappa shape index (κ2) is 2.52. The summed E-state index contributed by atoms with van der Waals surface area (Å²) >= 11 is 0. The summed E-state index contributed by atoms with van der Waals surface area (Å²) in [4.78, 5) is 0. The Labute approximate surface area is 70.0 Å². The van der Waals surface area contributed by atoms with Crippen LogP contribution in [-0.4, -0.2) is 16.0 Å². The molecule has 0 bridgehead atoms. The molecule has 0 saturated heterocycles. The molecule has 2 rings (SSSR count). The van der Waals surface area contributed by atoms with Crippen molar-refractivity contribution >= 4 is 5.71 Å². The van der Waals surface area contributed by atoms with Crippen molar-refractivity contribution in [1.29, 1.82) is 0 Å². The molecule has 1 aliphatic rings. The maximum absolute atomic E-state index is 9.44. The summed E-state index contributed by atoms with van der Waals surface area (Å²) in [6.45, 7) is 0. The first-order valence-corrected chi connectivity index (χ1v) is 3.85. The molecule has 3 heteroatoms. The number of aromatic hydroxyl groups is 1. The molecule has 0 radical (unpaired) electrons. The van der Waals surface area contributed by atoms with Gasteiger partial charge in [-0.25, -0.2) is 0 Å². The van der Waals surface area contributed by atoms with E-state index in [-0.39, 0.29) is 5.75 Å². The molecule has 3 nitrogen and oxygen atoms in total. The van der Waals surface area contributed by atoms with Gasteiger partial charge < -0.3 is 10.3 Å². The van der Waals surface area contributed by atoms with Gasteiger partial charge in [-0.1, -0.05) is 17.3 Å². The Balaban J connectivity index is 2.63. The zero-order chi connectivity index (χ0) is 8.55. The molecule has 0 fully saturated rings. The van der Waals surface area contributed by atoms with Crippen LogP contribution in [0.1, 0.15) is 17.5 Å². The highest BCUT2D eigenvalue weighted by atomic mass is 16.4. The Hall–Kier alpha value is -1.51. The van der Waals surface area contributed by atoms with Crippen molar-refractivity contribution in [3.05, 3.63) is 29.3 Å². The van der Waals surface area contributed by atoms with Crippen LogP contribution in [0.4, 0.5) is 0 Å². The van der Waals surface area contributed by atoms with Gasteiger partial charge in [-0.2, -0.15) is 0 Å². The molecular weight excluding hydrogens is 154 g/mol. The van der Waals surface area contributed by atoms with Gasteiger partial charge in [0.2, 0.25) is 0 Å². The van der Waals surface area contributed by atoms with E-state index in [0.29, 0.717) is 17.7 Å². The first-order valence-electron chi connectivity index (χ1n) is 3.85. The number of phenolic OH excluding ortho intramolecular Hbond substituents is 1. The zero-order valence-electron chi connectivity index (χ0n) is 6.49. The van der Waals surface area contributed by atoms with E-state index < -0.39 is 0 Å². The van der Waals surface area contributed by atoms with Gasteiger partial charge in [0.1, 0.15) is 5.75 Å². The molecule has 62 valence electrons. The predicted octanol–water partition coefficient (Wildman–Crippen LogP) is 1.52. The van der Waals surface area contributed by atoms with Gasteiger partial charge in [0.25, 0.3) is 0 Å². The highest BCUT2D eigenvalue weighted by Crippen LogP contribution is 2.29. The van der Waals surface area contributed by atoms with Gasteiger partial charge in [0.05, 0.1) is 5.71 Å². The molecule has 1 aromatic rings. The number of rotatable bonds is 0. The van der Waals surface area contributed by atoms with E-state index in [1.54, 1.807) is 12.1 Å². The van der Waals surface area contributed by atoms with Gasteiger partial charge in [0.15, 0.2) is 0 Å². The van der Waals surface area contributed by atoms with E-state index in [4.69, 9.17) is 5.21 Å². The number of oxime groups is 1. The topological polar surface area (TPSA) is 52.8 Å². The minimum absolute atomic E-state index is 0.206. The third-order valence-electron chi connectivity index (χ3n) is 2.17. The summed E-state index contributed by atoms with van der Waals surface area (Å²) in [6, 6.07) is 5.34. The van der Waals surface area contributed by atoms with E-state index in [9.17, 15) is 5.11 Å². The summed E-state index contributed by atoms with van der Waals surface area (Å²) in [5.74, 6) is 0.206. The van der Waals surface area contributed by atoms with Crippen LogP contribution in [0.5, 0.6) is 5.75 Å². The predicted molar refractivity (Wildman–Crippen MR) is 44.8 cm³/mol. The van der Waals surface area contributed by atoms with Crippen LogP contribution in [-0.2, 0) is 6.42 Å². The Kier molecular flexibility index (Phi) is 1.50. The molecule has 2 N–H and O–H groups in total. The molecule has 1 aromatic carbocycles. The number of nitrogens with zero attached hydrogens (tertiary/aromatic N) is 1. The van der Waals surface area contributed by atoms with Crippen molar-refractivity contribution in [2.24, 2.45) is 5.16 Å². The number of hydrogen-bond donors (Lipinski definition) is 2. The lowest BCUT2D eigenvalue weighted by Crippen LogP contribution is -1.93. The highest BCUT2D eigenvalue weighted by Gasteiger charge is 2.20. The van der Waals surface area contributed by atoms with Gasteiger partial charge in [-0.3, -0.25) is 0 Å². The third-order valence-corrected chi connectivity index (χ3v) is 2.17. The Bertz CT molecular complexity index is 344. The fraction of sp³-hybridized carbons (Fsp3) is 0.222. The fourth-order valence-corrected chi connectivity index (χ4v) is 1.61. The lowest BCUT2D eigenvalue weighted by Gasteiger charge is -2.00. The van der Waals surface area contributed by atoms with Crippen molar-refractivity contribution in [1.82, 2.24) is 0 Å². The molecule has 0 atom stereocenters. The molecule has 0 aliphatic heterocycles. The van der Waals surface area contributed by atoms with E-state index in [2.05, 4.69) is 5.16 Å². The average Bonchev–Trinajstić information content (AvgIpc) is 2.49. The maximum Gasteiger partial charge on any atom is 0.125 e. The number of hydrogen-bond acceptors (Lipinski definition) is 3. The molecule has 0 saturated carbocycles. The van der Waals surface area contributed by atoms with Crippen LogP contribution in [0.25, 0.3) is 0 Å². The minimum Gasteiger partial charge on any atom is -0.507 e. The fourth-order valence-electron chi connectivity index (χ4n) is 1.61. The Morgan fingerprint density at radius 3 is 2.83 bits per heavy atom. The SMILES string of the molecule is O/N=C1\CCc2cccc(O)c21. The van der Waals surface area contributed by atoms with Gasteiger partial charge in [0, 0.05) is 5.56 Å². The minimum atomic E-state index is 0.206. The van der Waals surface area contributed by atoms with Crippen LogP contribution in [0.15, 0.2) is 23.4 Å². The van der Waals surface area contributed by atoms with E-state index in [0.717, 1.165) is 12.0 Å². The van der Waals surface area contributed by atoms with Crippen molar-refractivity contribution in [2.45, 2.75) is 12.8 Å².